The van der Waals surface area contributed by atoms with Crippen LogP contribution in [0.1, 0.15) is 19.8 Å². The molecule has 0 spiro atoms. The van der Waals surface area contributed by atoms with E-state index in [0.717, 1.165) is 19.5 Å². The van der Waals surface area contributed by atoms with Crippen molar-refractivity contribution in [2.75, 3.05) is 13.6 Å². The smallest absolute Gasteiger partial charge is 0.0945 e. The standard InChI is InChI=1S/C11H21N5/c1-10(8-11(12)13)15(2)5-3-6-16-7-4-14-9-16/h4,7,9-10H,3,5-6,8H2,1-2H3,(H3,12,13). The lowest BCUT2D eigenvalue weighted by Gasteiger charge is -2.24. The van der Waals surface area contributed by atoms with E-state index in [4.69, 9.17) is 11.1 Å². The maximum atomic E-state index is 7.25. The zero-order chi connectivity index (χ0) is 12.0. The maximum absolute atomic E-state index is 7.25. The van der Waals surface area contributed by atoms with Crippen molar-refractivity contribution in [1.29, 1.82) is 5.41 Å². The van der Waals surface area contributed by atoms with E-state index in [1.807, 2.05) is 12.5 Å². The normalized spacial score (nSPS) is 12.9. The van der Waals surface area contributed by atoms with Crippen molar-refractivity contribution >= 4 is 5.84 Å². The summed E-state index contributed by atoms with van der Waals surface area (Å²) >= 11 is 0. The molecule has 1 heterocycles. The van der Waals surface area contributed by atoms with Crippen molar-refractivity contribution in [2.45, 2.75) is 32.4 Å². The summed E-state index contributed by atoms with van der Waals surface area (Å²) in [5.41, 5.74) is 5.38. The van der Waals surface area contributed by atoms with E-state index in [9.17, 15) is 0 Å². The highest BCUT2D eigenvalue weighted by atomic mass is 15.1. The molecule has 1 aromatic rings. The summed E-state index contributed by atoms with van der Waals surface area (Å²) in [4.78, 5) is 6.23. The number of hydrogen-bond donors (Lipinski definition) is 2. The molecule has 0 aromatic carbocycles. The zero-order valence-electron chi connectivity index (χ0n) is 10.1. The fourth-order valence-electron chi connectivity index (χ4n) is 1.62. The van der Waals surface area contributed by atoms with Crippen LogP contribution in [0.3, 0.4) is 0 Å². The SMILES string of the molecule is CC(CC(=N)N)N(C)CCCn1ccnc1. The van der Waals surface area contributed by atoms with E-state index in [1.165, 1.54) is 0 Å². The Balaban J connectivity index is 2.19. The number of nitrogens with two attached hydrogens (primary N) is 1. The summed E-state index contributed by atoms with van der Waals surface area (Å²) in [6.07, 6.45) is 7.32. The molecule has 3 N–H and O–H groups in total. The van der Waals surface area contributed by atoms with Crippen molar-refractivity contribution < 1.29 is 0 Å². The predicted molar refractivity (Wildman–Crippen MR) is 65.5 cm³/mol. The van der Waals surface area contributed by atoms with E-state index in [1.54, 1.807) is 6.20 Å². The topological polar surface area (TPSA) is 70.9 Å². The van der Waals surface area contributed by atoms with Crippen molar-refractivity contribution in [3.63, 3.8) is 0 Å². The Morgan fingerprint density at radius 3 is 2.94 bits per heavy atom. The van der Waals surface area contributed by atoms with Crippen molar-refractivity contribution in [1.82, 2.24) is 14.5 Å². The highest BCUT2D eigenvalue weighted by Crippen LogP contribution is 2.02. The lowest BCUT2D eigenvalue weighted by molar-refractivity contribution is 0.255. The first-order chi connectivity index (χ1) is 7.59. The molecule has 1 aromatic heterocycles. The summed E-state index contributed by atoms with van der Waals surface area (Å²) in [5, 5.41) is 7.25. The molecular weight excluding hydrogens is 202 g/mol. The summed E-state index contributed by atoms with van der Waals surface area (Å²) in [6.45, 7) is 4.09. The van der Waals surface area contributed by atoms with Gasteiger partial charge in [0.25, 0.3) is 0 Å². The Morgan fingerprint density at radius 2 is 2.38 bits per heavy atom. The molecule has 0 amide bonds. The fourth-order valence-corrected chi connectivity index (χ4v) is 1.62. The minimum atomic E-state index is 0.258. The van der Waals surface area contributed by atoms with Crippen molar-refractivity contribution in [3.05, 3.63) is 18.7 Å². The molecule has 0 radical (unpaired) electrons. The molecule has 0 saturated carbocycles. The van der Waals surface area contributed by atoms with Crippen LogP contribution in [-0.2, 0) is 6.54 Å². The summed E-state index contributed by atoms with van der Waals surface area (Å²) < 4.78 is 2.07. The van der Waals surface area contributed by atoms with E-state index >= 15 is 0 Å². The van der Waals surface area contributed by atoms with E-state index in [2.05, 4.69) is 28.4 Å². The van der Waals surface area contributed by atoms with Gasteiger partial charge in [0.05, 0.1) is 12.2 Å². The summed E-state index contributed by atoms with van der Waals surface area (Å²) in [5.74, 6) is 0.258. The van der Waals surface area contributed by atoms with Crippen LogP contribution in [0.4, 0.5) is 0 Å². The molecule has 0 fully saturated rings. The number of rotatable bonds is 7. The number of amidine groups is 1. The van der Waals surface area contributed by atoms with E-state index < -0.39 is 0 Å². The average Bonchev–Trinajstić information content (AvgIpc) is 2.69. The first-order valence-corrected chi connectivity index (χ1v) is 5.58. The summed E-state index contributed by atoms with van der Waals surface area (Å²) in [6, 6.07) is 0.334. The number of aryl methyl sites for hydroxylation is 1. The average molecular weight is 223 g/mol. The fraction of sp³-hybridized carbons (Fsp3) is 0.636. The monoisotopic (exact) mass is 223 g/mol. The number of aromatic nitrogens is 2. The van der Waals surface area contributed by atoms with Gasteiger partial charge in [-0.1, -0.05) is 0 Å². The molecule has 1 rings (SSSR count). The minimum Gasteiger partial charge on any atom is -0.388 e. The maximum Gasteiger partial charge on any atom is 0.0945 e. The Labute approximate surface area is 96.8 Å². The van der Waals surface area contributed by atoms with Gasteiger partial charge in [-0.05, 0) is 26.9 Å². The molecule has 16 heavy (non-hydrogen) atoms. The van der Waals surface area contributed by atoms with Gasteiger partial charge in [0.1, 0.15) is 0 Å². The molecule has 1 unspecified atom stereocenters. The first-order valence-electron chi connectivity index (χ1n) is 5.58. The van der Waals surface area contributed by atoms with Gasteiger partial charge in [0, 0.05) is 31.4 Å². The molecule has 0 aliphatic heterocycles. The molecule has 1 atom stereocenters. The molecule has 0 bridgehead atoms. The number of nitrogens with zero attached hydrogens (tertiary/aromatic N) is 3. The lowest BCUT2D eigenvalue weighted by atomic mass is 10.2. The molecule has 5 heteroatoms. The second-order valence-electron chi connectivity index (χ2n) is 4.21. The Morgan fingerprint density at radius 1 is 1.62 bits per heavy atom. The number of imidazole rings is 1. The third-order valence-electron chi connectivity index (χ3n) is 2.75. The van der Waals surface area contributed by atoms with Crippen molar-refractivity contribution in [3.8, 4) is 0 Å². The van der Waals surface area contributed by atoms with Crippen LogP contribution in [0.25, 0.3) is 0 Å². The van der Waals surface area contributed by atoms with Crippen LogP contribution in [0.5, 0.6) is 0 Å². The largest absolute Gasteiger partial charge is 0.388 e. The number of hydrogen-bond acceptors (Lipinski definition) is 3. The van der Waals surface area contributed by atoms with Gasteiger partial charge < -0.3 is 15.2 Å². The van der Waals surface area contributed by atoms with Gasteiger partial charge in [0.2, 0.25) is 0 Å². The van der Waals surface area contributed by atoms with Gasteiger partial charge in [0.15, 0.2) is 0 Å². The van der Waals surface area contributed by atoms with Crippen LogP contribution >= 0.6 is 0 Å². The Bertz CT molecular complexity index is 306. The zero-order valence-corrected chi connectivity index (χ0v) is 10.1. The second-order valence-corrected chi connectivity index (χ2v) is 4.21. The lowest BCUT2D eigenvalue weighted by Crippen LogP contribution is -2.33. The Hall–Kier alpha value is -1.36. The van der Waals surface area contributed by atoms with Crippen molar-refractivity contribution in [2.24, 2.45) is 5.73 Å². The predicted octanol–water partition coefficient (Wildman–Crippen LogP) is 0.920. The quantitative estimate of drug-likeness (QED) is 0.533. The van der Waals surface area contributed by atoms with Crippen LogP contribution in [-0.4, -0.2) is 39.9 Å². The highest BCUT2D eigenvalue weighted by molar-refractivity contribution is 5.77. The molecule has 0 saturated heterocycles. The minimum absolute atomic E-state index is 0.258. The molecule has 5 nitrogen and oxygen atoms in total. The van der Waals surface area contributed by atoms with Crippen LogP contribution in [0, 0.1) is 5.41 Å². The summed E-state index contributed by atoms with van der Waals surface area (Å²) in [7, 11) is 2.07. The highest BCUT2D eigenvalue weighted by Gasteiger charge is 2.09. The van der Waals surface area contributed by atoms with Gasteiger partial charge >= 0.3 is 0 Å². The third kappa shape index (κ3) is 4.44. The number of nitrogens with one attached hydrogen (secondary N) is 1. The third-order valence-corrected chi connectivity index (χ3v) is 2.75. The van der Waals surface area contributed by atoms with E-state index in [-0.39, 0.29) is 5.84 Å². The molecular formula is C11H21N5. The van der Waals surface area contributed by atoms with Gasteiger partial charge in [-0.2, -0.15) is 0 Å². The van der Waals surface area contributed by atoms with Crippen LogP contribution in [0.2, 0.25) is 0 Å². The molecule has 0 aliphatic rings. The Kier molecular flexibility index (Phi) is 4.98. The van der Waals surface area contributed by atoms with Gasteiger partial charge in [-0.25, -0.2) is 4.98 Å². The first kappa shape index (κ1) is 12.7. The van der Waals surface area contributed by atoms with Gasteiger partial charge in [-0.15, -0.1) is 0 Å². The molecule has 0 aliphatic carbocycles. The molecule has 90 valence electrons. The van der Waals surface area contributed by atoms with Gasteiger partial charge in [-0.3, -0.25) is 5.41 Å². The van der Waals surface area contributed by atoms with E-state index in [0.29, 0.717) is 12.5 Å². The van der Waals surface area contributed by atoms with Crippen LogP contribution < -0.4 is 5.73 Å². The van der Waals surface area contributed by atoms with Crippen LogP contribution in [0.15, 0.2) is 18.7 Å². The second kappa shape index (κ2) is 6.27.